The fourth-order valence-corrected chi connectivity index (χ4v) is 1.17. The van der Waals surface area contributed by atoms with E-state index in [2.05, 4.69) is 5.32 Å². The molecule has 1 amide bonds. The molecule has 4 heteroatoms. The van der Waals surface area contributed by atoms with Gasteiger partial charge in [-0.15, -0.1) is 0 Å². The van der Waals surface area contributed by atoms with Crippen molar-refractivity contribution in [2.75, 3.05) is 5.32 Å². The molecular weight excluding hydrogens is 192 g/mol. The first-order chi connectivity index (χ1) is 7.17. The van der Waals surface area contributed by atoms with Crippen LogP contribution in [-0.2, 0) is 11.4 Å². The SMILES string of the molecule is CC[C@H](N)C(=O)Nc1cccc(CO)c1. The predicted molar refractivity (Wildman–Crippen MR) is 59.3 cm³/mol. The largest absolute Gasteiger partial charge is 0.392 e. The first-order valence-electron chi connectivity index (χ1n) is 4.93. The molecule has 0 aliphatic rings. The number of benzene rings is 1. The van der Waals surface area contributed by atoms with Gasteiger partial charge in [0.2, 0.25) is 5.91 Å². The van der Waals surface area contributed by atoms with E-state index in [1.165, 1.54) is 0 Å². The van der Waals surface area contributed by atoms with Crippen LogP contribution in [0.4, 0.5) is 5.69 Å². The Morgan fingerprint density at radius 1 is 1.60 bits per heavy atom. The minimum Gasteiger partial charge on any atom is -0.392 e. The maximum Gasteiger partial charge on any atom is 0.241 e. The fourth-order valence-electron chi connectivity index (χ4n) is 1.17. The molecule has 4 nitrogen and oxygen atoms in total. The van der Waals surface area contributed by atoms with Gasteiger partial charge in [0.25, 0.3) is 0 Å². The van der Waals surface area contributed by atoms with E-state index in [0.29, 0.717) is 12.1 Å². The Balaban J connectivity index is 2.68. The number of carbonyl (C=O) groups excluding carboxylic acids is 1. The Morgan fingerprint density at radius 2 is 2.33 bits per heavy atom. The number of aliphatic hydroxyl groups is 1. The molecule has 0 aliphatic heterocycles. The summed E-state index contributed by atoms with van der Waals surface area (Å²) in [4.78, 5) is 11.4. The topological polar surface area (TPSA) is 75.4 Å². The second-order valence-electron chi connectivity index (χ2n) is 3.36. The van der Waals surface area contributed by atoms with E-state index in [1.807, 2.05) is 6.92 Å². The number of amides is 1. The third-order valence-corrected chi connectivity index (χ3v) is 2.15. The van der Waals surface area contributed by atoms with Gasteiger partial charge in [-0.25, -0.2) is 0 Å². The van der Waals surface area contributed by atoms with Crippen LogP contribution in [0.1, 0.15) is 18.9 Å². The Labute approximate surface area is 89.1 Å². The molecule has 15 heavy (non-hydrogen) atoms. The number of hydrogen-bond donors (Lipinski definition) is 3. The summed E-state index contributed by atoms with van der Waals surface area (Å²) in [6.45, 7) is 1.82. The molecule has 4 N–H and O–H groups in total. The number of nitrogens with one attached hydrogen (secondary N) is 1. The van der Waals surface area contributed by atoms with E-state index in [9.17, 15) is 4.79 Å². The molecule has 0 heterocycles. The van der Waals surface area contributed by atoms with Crippen LogP contribution in [0.5, 0.6) is 0 Å². The number of anilines is 1. The molecule has 0 aliphatic carbocycles. The zero-order chi connectivity index (χ0) is 11.3. The summed E-state index contributed by atoms with van der Waals surface area (Å²) in [7, 11) is 0. The van der Waals surface area contributed by atoms with Gasteiger partial charge < -0.3 is 16.2 Å². The summed E-state index contributed by atoms with van der Waals surface area (Å²) >= 11 is 0. The number of rotatable bonds is 4. The first kappa shape index (κ1) is 11.7. The summed E-state index contributed by atoms with van der Waals surface area (Å²) in [6.07, 6.45) is 0.603. The smallest absolute Gasteiger partial charge is 0.241 e. The highest BCUT2D eigenvalue weighted by atomic mass is 16.3. The Morgan fingerprint density at radius 3 is 2.93 bits per heavy atom. The van der Waals surface area contributed by atoms with Crippen LogP contribution in [-0.4, -0.2) is 17.1 Å². The lowest BCUT2D eigenvalue weighted by atomic mass is 10.2. The van der Waals surface area contributed by atoms with Crippen molar-refractivity contribution in [2.45, 2.75) is 26.0 Å². The van der Waals surface area contributed by atoms with Gasteiger partial charge in [-0.05, 0) is 24.1 Å². The molecule has 0 saturated carbocycles. The van der Waals surface area contributed by atoms with Crippen molar-refractivity contribution in [1.29, 1.82) is 0 Å². The van der Waals surface area contributed by atoms with Crippen molar-refractivity contribution in [3.63, 3.8) is 0 Å². The number of hydrogen-bond acceptors (Lipinski definition) is 3. The van der Waals surface area contributed by atoms with E-state index in [1.54, 1.807) is 24.3 Å². The lowest BCUT2D eigenvalue weighted by molar-refractivity contribution is -0.117. The molecule has 1 aromatic carbocycles. The predicted octanol–water partition coefficient (Wildman–Crippen LogP) is 0.855. The van der Waals surface area contributed by atoms with Gasteiger partial charge in [0.1, 0.15) is 0 Å². The van der Waals surface area contributed by atoms with E-state index >= 15 is 0 Å². The van der Waals surface area contributed by atoms with E-state index < -0.39 is 6.04 Å². The van der Waals surface area contributed by atoms with Gasteiger partial charge >= 0.3 is 0 Å². The molecule has 1 aromatic rings. The standard InChI is InChI=1S/C11H16N2O2/c1-2-10(12)11(15)13-9-5-3-4-8(6-9)7-14/h3-6,10,14H,2,7,12H2,1H3,(H,13,15)/t10-/m0/s1. The third-order valence-electron chi connectivity index (χ3n) is 2.15. The molecule has 0 unspecified atom stereocenters. The molecule has 0 bridgehead atoms. The second kappa shape index (κ2) is 5.48. The van der Waals surface area contributed by atoms with Gasteiger partial charge in [-0.2, -0.15) is 0 Å². The van der Waals surface area contributed by atoms with Crippen LogP contribution in [0.15, 0.2) is 24.3 Å². The highest BCUT2D eigenvalue weighted by Crippen LogP contribution is 2.10. The van der Waals surface area contributed by atoms with Crippen molar-refractivity contribution in [3.8, 4) is 0 Å². The first-order valence-corrected chi connectivity index (χ1v) is 4.93. The molecule has 0 spiro atoms. The molecule has 0 radical (unpaired) electrons. The Hall–Kier alpha value is -1.39. The Kier molecular flexibility index (Phi) is 4.27. The maximum atomic E-state index is 11.4. The maximum absolute atomic E-state index is 11.4. The summed E-state index contributed by atoms with van der Waals surface area (Å²) in [5.41, 5.74) is 7.00. The average molecular weight is 208 g/mol. The molecule has 1 atom stereocenters. The summed E-state index contributed by atoms with van der Waals surface area (Å²) < 4.78 is 0. The van der Waals surface area contributed by atoms with E-state index in [0.717, 1.165) is 5.56 Å². The minimum atomic E-state index is -0.484. The minimum absolute atomic E-state index is 0.0382. The van der Waals surface area contributed by atoms with Crippen LogP contribution in [0.2, 0.25) is 0 Å². The second-order valence-corrected chi connectivity index (χ2v) is 3.36. The third kappa shape index (κ3) is 3.34. The molecule has 1 rings (SSSR count). The van der Waals surface area contributed by atoms with E-state index in [-0.39, 0.29) is 12.5 Å². The van der Waals surface area contributed by atoms with Crippen LogP contribution in [0.3, 0.4) is 0 Å². The van der Waals surface area contributed by atoms with Gasteiger partial charge in [0.05, 0.1) is 12.6 Å². The molecule has 0 saturated heterocycles. The van der Waals surface area contributed by atoms with Crippen LogP contribution >= 0.6 is 0 Å². The van der Waals surface area contributed by atoms with Crippen molar-refractivity contribution >= 4 is 11.6 Å². The van der Waals surface area contributed by atoms with Gasteiger partial charge in [-0.3, -0.25) is 4.79 Å². The summed E-state index contributed by atoms with van der Waals surface area (Å²) in [5.74, 6) is -0.201. The molecule has 0 aromatic heterocycles. The van der Waals surface area contributed by atoms with Crippen molar-refractivity contribution in [2.24, 2.45) is 5.73 Å². The average Bonchev–Trinajstić information content (AvgIpc) is 2.28. The monoisotopic (exact) mass is 208 g/mol. The van der Waals surface area contributed by atoms with Crippen LogP contribution in [0, 0.1) is 0 Å². The number of carbonyl (C=O) groups is 1. The Bertz CT molecular complexity index is 339. The highest BCUT2D eigenvalue weighted by Gasteiger charge is 2.10. The van der Waals surface area contributed by atoms with Gasteiger partial charge in [0, 0.05) is 5.69 Å². The quantitative estimate of drug-likeness (QED) is 0.686. The number of nitrogens with two attached hydrogens (primary N) is 1. The lowest BCUT2D eigenvalue weighted by Crippen LogP contribution is -2.34. The highest BCUT2D eigenvalue weighted by molar-refractivity contribution is 5.94. The summed E-state index contributed by atoms with van der Waals surface area (Å²) in [6, 6.07) is 6.57. The summed E-state index contributed by atoms with van der Waals surface area (Å²) in [5, 5.41) is 11.6. The number of aliphatic hydroxyl groups excluding tert-OH is 1. The van der Waals surface area contributed by atoms with Crippen LogP contribution in [0.25, 0.3) is 0 Å². The lowest BCUT2D eigenvalue weighted by Gasteiger charge is -2.10. The molecule has 82 valence electrons. The van der Waals surface area contributed by atoms with Crippen molar-refractivity contribution in [1.82, 2.24) is 0 Å². The van der Waals surface area contributed by atoms with Crippen LogP contribution < -0.4 is 11.1 Å². The van der Waals surface area contributed by atoms with Gasteiger partial charge in [0.15, 0.2) is 0 Å². The molecular formula is C11H16N2O2. The fraction of sp³-hybridized carbons (Fsp3) is 0.364. The van der Waals surface area contributed by atoms with E-state index in [4.69, 9.17) is 10.8 Å². The van der Waals surface area contributed by atoms with Gasteiger partial charge in [-0.1, -0.05) is 19.1 Å². The van der Waals surface area contributed by atoms with Crippen molar-refractivity contribution in [3.05, 3.63) is 29.8 Å². The zero-order valence-electron chi connectivity index (χ0n) is 8.73. The normalized spacial score (nSPS) is 12.2. The molecule has 0 fully saturated rings. The van der Waals surface area contributed by atoms with Crippen molar-refractivity contribution < 1.29 is 9.90 Å². The zero-order valence-corrected chi connectivity index (χ0v) is 8.73.